The van der Waals surface area contributed by atoms with Gasteiger partial charge in [0.25, 0.3) is 0 Å². The standard InChI is InChI=1S/C17H19N5S.2CH5N.CH4S/c1-13(14-3-4-16-15(11-14)20-12-23-16)21-7-9-22(10-8-21)17-18-5-2-6-19-17;3*1-2/h2-6,11-13H,7-10H2,1H3;2*2H2,1H3;2H,1H3. The van der Waals surface area contributed by atoms with Crippen molar-refractivity contribution in [3.63, 3.8) is 0 Å². The van der Waals surface area contributed by atoms with Gasteiger partial charge in [0.15, 0.2) is 0 Å². The Hall–Kier alpha value is -1.78. The first-order valence-corrected chi connectivity index (χ1v) is 11.3. The van der Waals surface area contributed by atoms with E-state index in [1.54, 1.807) is 30.0 Å². The van der Waals surface area contributed by atoms with Crippen LogP contribution < -0.4 is 16.4 Å². The molecule has 0 saturated carbocycles. The maximum Gasteiger partial charge on any atom is 0.225 e. The maximum absolute atomic E-state index is 4.50. The zero-order valence-electron chi connectivity index (χ0n) is 17.7. The van der Waals surface area contributed by atoms with Crippen LogP contribution in [0.2, 0.25) is 0 Å². The zero-order valence-corrected chi connectivity index (χ0v) is 19.4. The Kier molecular flexibility index (Phi) is 12.4. The molecule has 0 radical (unpaired) electrons. The Morgan fingerprint density at radius 3 is 2.21 bits per heavy atom. The number of anilines is 1. The summed E-state index contributed by atoms with van der Waals surface area (Å²) >= 11 is 5.22. The van der Waals surface area contributed by atoms with Crippen molar-refractivity contribution in [2.75, 3.05) is 51.4 Å². The summed E-state index contributed by atoms with van der Waals surface area (Å²) in [5.74, 6) is 0.837. The van der Waals surface area contributed by atoms with Crippen molar-refractivity contribution in [2.45, 2.75) is 13.0 Å². The fourth-order valence-corrected chi connectivity index (χ4v) is 3.77. The summed E-state index contributed by atoms with van der Waals surface area (Å²) in [6.45, 7) is 6.26. The second-order valence-electron chi connectivity index (χ2n) is 5.83. The van der Waals surface area contributed by atoms with E-state index in [-0.39, 0.29) is 0 Å². The quantitative estimate of drug-likeness (QED) is 0.544. The molecule has 0 bridgehead atoms. The first-order chi connectivity index (χ1) is 14.3. The Balaban J connectivity index is 0.000000644. The average molecular weight is 436 g/mol. The number of nitrogens with two attached hydrogens (primary N) is 2. The van der Waals surface area contributed by atoms with Crippen molar-refractivity contribution in [2.24, 2.45) is 11.5 Å². The molecule has 4 N–H and O–H groups in total. The summed E-state index contributed by atoms with van der Waals surface area (Å²) in [7, 11) is 3.00. The highest BCUT2D eigenvalue weighted by atomic mass is 32.1. The van der Waals surface area contributed by atoms with Crippen LogP contribution in [0.15, 0.2) is 42.2 Å². The lowest BCUT2D eigenvalue weighted by atomic mass is 10.1. The van der Waals surface area contributed by atoms with Crippen LogP contribution in [-0.4, -0.2) is 66.4 Å². The van der Waals surface area contributed by atoms with Gasteiger partial charge >= 0.3 is 0 Å². The van der Waals surface area contributed by atoms with Gasteiger partial charge in [-0.05, 0) is 51.0 Å². The molecule has 1 aromatic carbocycles. The molecule has 3 aromatic rings. The largest absolute Gasteiger partial charge is 0.338 e. The minimum absolute atomic E-state index is 0.403. The molecule has 0 aliphatic carbocycles. The fraction of sp³-hybridized carbons (Fsp3) is 0.450. The maximum atomic E-state index is 4.50. The van der Waals surface area contributed by atoms with Gasteiger partial charge in [-0.2, -0.15) is 12.6 Å². The van der Waals surface area contributed by atoms with E-state index in [9.17, 15) is 0 Å². The number of hydrogen-bond acceptors (Lipinski definition) is 9. The summed E-state index contributed by atoms with van der Waals surface area (Å²) < 4.78 is 1.26. The van der Waals surface area contributed by atoms with Gasteiger partial charge in [0.05, 0.1) is 15.7 Å². The number of fused-ring (bicyclic) bond motifs is 1. The van der Waals surface area contributed by atoms with E-state index in [1.165, 1.54) is 24.4 Å². The van der Waals surface area contributed by atoms with E-state index < -0.39 is 0 Å². The van der Waals surface area contributed by atoms with Gasteiger partial charge in [-0.25, -0.2) is 15.0 Å². The number of piperazine rings is 1. The SMILES string of the molecule is CC(c1ccc2scnc2c1)N1CCN(c2ncccn2)CC1.CN.CN.CS. The van der Waals surface area contributed by atoms with Crippen LogP contribution in [0.1, 0.15) is 18.5 Å². The second kappa shape index (κ2) is 14.2. The topological polar surface area (TPSA) is 97.2 Å². The molecular weight excluding hydrogens is 402 g/mol. The number of hydrogen-bond donors (Lipinski definition) is 3. The van der Waals surface area contributed by atoms with Crippen LogP contribution >= 0.6 is 24.0 Å². The lowest BCUT2D eigenvalue weighted by molar-refractivity contribution is 0.198. The normalized spacial score (nSPS) is 14.5. The monoisotopic (exact) mass is 435 g/mol. The summed E-state index contributed by atoms with van der Waals surface area (Å²) in [6, 6.07) is 8.91. The Morgan fingerprint density at radius 1 is 0.966 bits per heavy atom. The van der Waals surface area contributed by atoms with E-state index in [0.717, 1.165) is 37.6 Å². The molecule has 29 heavy (non-hydrogen) atoms. The van der Waals surface area contributed by atoms with Gasteiger partial charge in [0.1, 0.15) is 0 Å². The minimum atomic E-state index is 0.403. The molecule has 160 valence electrons. The number of rotatable bonds is 3. The number of benzene rings is 1. The Morgan fingerprint density at radius 2 is 1.59 bits per heavy atom. The molecule has 1 aliphatic heterocycles. The lowest BCUT2D eigenvalue weighted by Gasteiger charge is -2.38. The van der Waals surface area contributed by atoms with Crippen LogP contribution in [0.25, 0.3) is 10.2 Å². The van der Waals surface area contributed by atoms with E-state index in [2.05, 4.69) is 74.0 Å². The Bertz CT molecular complexity index is 790. The van der Waals surface area contributed by atoms with E-state index >= 15 is 0 Å². The first kappa shape index (κ1) is 25.3. The minimum Gasteiger partial charge on any atom is -0.338 e. The summed E-state index contributed by atoms with van der Waals surface area (Å²) in [5, 5.41) is 0. The predicted molar refractivity (Wildman–Crippen MR) is 129 cm³/mol. The van der Waals surface area contributed by atoms with Gasteiger partial charge < -0.3 is 16.4 Å². The van der Waals surface area contributed by atoms with Crippen LogP contribution in [0.3, 0.4) is 0 Å². The van der Waals surface area contributed by atoms with Gasteiger partial charge in [-0.3, -0.25) is 4.90 Å². The molecular formula is C20H33N7S2. The molecule has 2 aromatic heterocycles. The molecule has 1 fully saturated rings. The summed E-state index contributed by atoms with van der Waals surface area (Å²) in [5.41, 5.74) is 13.4. The van der Waals surface area contributed by atoms with Crippen molar-refractivity contribution >= 4 is 40.1 Å². The zero-order chi connectivity index (χ0) is 21.6. The molecule has 4 rings (SSSR count). The van der Waals surface area contributed by atoms with Crippen molar-refractivity contribution in [1.82, 2.24) is 19.9 Å². The molecule has 1 aliphatic rings. The predicted octanol–water partition coefficient (Wildman–Crippen LogP) is 2.67. The lowest BCUT2D eigenvalue weighted by Crippen LogP contribution is -2.47. The van der Waals surface area contributed by atoms with E-state index in [4.69, 9.17) is 0 Å². The van der Waals surface area contributed by atoms with Gasteiger partial charge in [0, 0.05) is 44.6 Å². The van der Waals surface area contributed by atoms with Crippen molar-refractivity contribution < 1.29 is 0 Å². The Labute approximate surface area is 183 Å². The molecule has 3 heterocycles. The molecule has 1 saturated heterocycles. The van der Waals surface area contributed by atoms with Gasteiger partial charge in [0.2, 0.25) is 5.95 Å². The molecule has 1 atom stereocenters. The molecule has 0 spiro atoms. The van der Waals surface area contributed by atoms with Crippen LogP contribution in [0.4, 0.5) is 5.95 Å². The van der Waals surface area contributed by atoms with Crippen molar-refractivity contribution in [3.05, 3.63) is 47.7 Å². The number of thiazole rings is 1. The third-order valence-electron chi connectivity index (χ3n) is 4.53. The second-order valence-corrected chi connectivity index (χ2v) is 6.71. The van der Waals surface area contributed by atoms with Crippen molar-refractivity contribution in [3.8, 4) is 0 Å². The number of nitrogens with zero attached hydrogens (tertiary/aromatic N) is 5. The smallest absolute Gasteiger partial charge is 0.225 e. The highest BCUT2D eigenvalue weighted by Gasteiger charge is 2.23. The van der Waals surface area contributed by atoms with Crippen LogP contribution in [0, 0.1) is 0 Å². The highest BCUT2D eigenvalue weighted by Crippen LogP contribution is 2.26. The van der Waals surface area contributed by atoms with Crippen LogP contribution in [0.5, 0.6) is 0 Å². The van der Waals surface area contributed by atoms with Crippen LogP contribution in [-0.2, 0) is 0 Å². The number of thiol groups is 1. The third kappa shape index (κ3) is 6.90. The molecule has 1 unspecified atom stereocenters. The third-order valence-corrected chi connectivity index (χ3v) is 5.34. The molecule has 0 amide bonds. The first-order valence-electron chi connectivity index (χ1n) is 9.50. The fourth-order valence-electron chi connectivity index (χ4n) is 3.11. The molecule has 7 nitrogen and oxygen atoms in total. The molecule has 9 heteroatoms. The number of aromatic nitrogens is 3. The average Bonchev–Trinajstić information content (AvgIpc) is 3.31. The van der Waals surface area contributed by atoms with E-state index in [0.29, 0.717) is 6.04 Å². The highest BCUT2D eigenvalue weighted by molar-refractivity contribution is 7.79. The van der Waals surface area contributed by atoms with Crippen molar-refractivity contribution in [1.29, 1.82) is 0 Å². The van der Waals surface area contributed by atoms with Gasteiger partial charge in [-0.15, -0.1) is 11.3 Å². The summed E-state index contributed by atoms with van der Waals surface area (Å²) in [4.78, 5) is 17.9. The summed E-state index contributed by atoms with van der Waals surface area (Å²) in [6.07, 6.45) is 5.31. The van der Waals surface area contributed by atoms with E-state index in [1.807, 2.05) is 11.6 Å². The van der Waals surface area contributed by atoms with Gasteiger partial charge in [-0.1, -0.05) is 6.07 Å².